The van der Waals surface area contributed by atoms with Crippen LogP contribution in [0.25, 0.3) is 6.08 Å². The molecule has 0 radical (unpaired) electrons. The van der Waals surface area contributed by atoms with Gasteiger partial charge < -0.3 is 0 Å². The molecule has 2 aromatic rings. The van der Waals surface area contributed by atoms with Gasteiger partial charge in [0, 0.05) is 10.9 Å². The first-order chi connectivity index (χ1) is 11.1. The molecule has 0 bridgehead atoms. The Kier molecular flexibility index (Phi) is 4.68. The predicted molar refractivity (Wildman–Crippen MR) is 89.2 cm³/mol. The van der Waals surface area contributed by atoms with Crippen molar-refractivity contribution in [2.45, 2.75) is 35.8 Å². The van der Waals surface area contributed by atoms with E-state index in [0.29, 0.717) is 16.2 Å². The van der Waals surface area contributed by atoms with E-state index in [-0.39, 0.29) is 11.0 Å². The van der Waals surface area contributed by atoms with Crippen LogP contribution < -0.4 is 0 Å². The molecule has 0 aliphatic heterocycles. The third-order valence-electron chi connectivity index (χ3n) is 3.99. The number of carbonyl (C=O) groups is 1. The zero-order valence-corrected chi connectivity index (χ0v) is 14.0. The topological polar surface area (TPSA) is 77.0 Å². The van der Waals surface area contributed by atoms with Gasteiger partial charge in [0.15, 0.2) is 15.6 Å². The molecule has 0 unspecified atom stereocenters. The largest absolute Gasteiger partial charge is 0.289 e. The standard InChI is InChI=1S/C16H16N2O3S2/c19-16(10-7-13-11-22-18-17-13)12-5-8-15(9-6-12)23(20,21)14-3-1-2-4-14/h5-11,14H,1-4H2. The number of aromatic nitrogens is 2. The van der Waals surface area contributed by atoms with Gasteiger partial charge in [0.25, 0.3) is 0 Å². The van der Waals surface area contributed by atoms with Crippen LogP contribution >= 0.6 is 11.5 Å². The molecule has 1 saturated carbocycles. The lowest BCUT2D eigenvalue weighted by molar-refractivity contribution is 0.104. The van der Waals surface area contributed by atoms with Crippen molar-refractivity contribution in [3.8, 4) is 0 Å². The summed E-state index contributed by atoms with van der Waals surface area (Å²) in [4.78, 5) is 12.4. The third-order valence-corrected chi connectivity index (χ3v) is 6.79. The summed E-state index contributed by atoms with van der Waals surface area (Å²) in [6.45, 7) is 0. The second-order valence-corrected chi connectivity index (χ2v) is 8.34. The summed E-state index contributed by atoms with van der Waals surface area (Å²) >= 11 is 1.21. The fraction of sp³-hybridized carbons (Fsp3) is 0.312. The molecule has 1 aliphatic carbocycles. The number of hydrogen-bond acceptors (Lipinski definition) is 6. The molecule has 3 rings (SSSR count). The van der Waals surface area contributed by atoms with Gasteiger partial charge in [-0.25, -0.2) is 8.42 Å². The summed E-state index contributed by atoms with van der Waals surface area (Å²) in [5, 5.41) is 5.28. The number of nitrogens with zero attached hydrogens (tertiary/aromatic N) is 2. The number of allylic oxidation sites excluding steroid dienone is 1. The van der Waals surface area contributed by atoms with Gasteiger partial charge in [-0.1, -0.05) is 17.3 Å². The van der Waals surface area contributed by atoms with E-state index >= 15 is 0 Å². The Balaban J connectivity index is 1.75. The first-order valence-corrected chi connectivity index (χ1v) is 9.79. The van der Waals surface area contributed by atoms with Gasteiger partial charge in [0.2, 0.25) is 0 Å². The van der Waals surface area contributed by atoms with Gasteiger partial charge in [-0.2, -0.15) is 0 Å². The van der Waals surface area contributed by atoms with Crippen molar-refractivity contribution in [2.24, 2.45) is 0 Å². The summed E-state index contributed by atoms with van der Waals surface area (Å²) in [5.74, 6) is -0.192. The van der Waals surface area contributed by atoms with E-state index in [2.05, 4.69) is 9.59 Å². The van der Waals surface area contributed by atoms with E-state index in [1.165, 1.54) is 29.7 Å². The van der Waals surface area contributed by atoms with Crippen molar-refractivity contribution in [3.63, 3.8) is 0 Å². The van der Waals surface area contributed by atoms with Crippen LogP contribution in [0.4, 0.5) is 0 Å². The van der Waals surface area contributed by atoms with Crippen molar-refractivity contribution < 1.29 is 13.2 Å². The maximum absolute atomic E-state index is 12.5. The highest BCUT2D eigenvalue weighted by atomic mass is 32.2. The minimum Gasteiger partial charge on any atom is -0.289 e. The van der Waals surface area contributed by atoms with Crippen LogP contribution in [0.15, 0.2) is 40.6 Å². The number of benzene rings is 1. The Morgan fingerprint density at radius 1 is 1.17 bits per heavy atom. The number of ketones is 1. The molecule has 0 saturated heterocycles. The van der Waals surface area contributed by atoms with Crippen molar-refractivity contribution in [1.29, 1.82) is 0 Å². The minimum atomic E-state index is -3.28. The average molecular weight is 348 g/mol. The molecule has 5 nitrogen and oxygen atoms in total. The Hall–Kier alpha value is -1.86. The van der Waals surface area contributed by atoms with E-state index < -0.39 is 9.84 Å². The van der Waals surface area contributed by atoms with Gasteiger partial charge in [0.05, 0.1) is 15.8 Å². The second kappa shape index (κ2) is 6.72. The first-order valence-electron chi connectivity index (χ1n) is 7.41. The van der Waals surface area contributed by atoms with Crippen molar-refractivity contribution in [3.05, 3.63) is 47.0 Å². The molecule has 0 amide bonds. The quantitative estimate of drug-likeness (QED) is 0.613. The minimum absolute atomic E-state index is 0.192. The molecular formula is C16H16N2O3S2. The highest BCUT2D eigenvalue weighted by Gasteiger charge is 2.30. The summed E-state index contributed by atoms with van der Waals surface area (Å²) in [6.07, 6.45) is 6.40. The van der Waals surface area contributed by atoms with Crippen LogP contribution in [0.5, 0.6) is 0 Å². The van der Waals surface area contributed by atoms with Gasteiger partial charge >= 0.3 is 0 Å². The lowest BCUT2D eigenvalue weighted by Crippen LogP contribution is -2.17. The summed E-state index contributed by atoms with van der Waals surface area (Å²) in [5.41, 5.74) is 1.08. The van der Waals surface area contributed by atoms with Crippen LogP contribution in [0.1, 0.15) is 41.7 Å². The van der Waals surface area contributed by atoms with Crippen molar-refractivity contribution in [1.82, 2.24) is 9.59 Å². The molecule has 1 heterocycles. The Morgan fingerprint density at radius 3 is 2.48 bits per heavy atom. The highest BCUT2D eigenvalue weighted by molar-refractivity contribution is 7.92. The average Bonchev–Trinajstić information content (AvgIpc) is 3.26. The monoisotopic (exact) mass is 348 g/mol. The summed E-state index contributed by atoms with van der Waals surface area (Å²) in [6, 6.07) is 6.18. The predicted octanol–water partition coefficient (Wildman–Crippen LogP) is 3.15. The summed E-state index contributed by atoms with van der Waals surface area (Å²) in [7, 11) is -3.28. The normalized spacial score (nSPS) is 16.2. The molecule has 1 aromatic carbocycles. The first kappa shape index (κ1) is 16.0. The van der Waals surface area contributed by atoms with Crippen molar-refractivity contribution >= 4 is 33.2 Å². The molecule has 0 atom stereocenters. The molecule has 0 N–H and O–H groups in total. The SMILES string of the molecule is O=C(C=Cc1csnn1)c1ccc(S(=O)(=O)C2CCCC2)cc1. The Bertz CT molecular complexity index is 804. The molecule has 120 valence electrons. The number of rotatable bonds is 5. The Labute approximate surface area is 139 Å². The second-order valence-electron chi connectivity index (χ2n) is 5.50. The maximum atomic E-state index is 12.5. The molecule has 7 heteroatoms. The number of hydrogen-bond donors (Lipinski definition) is 0. The maximum Gasteiger partial charge on any atom is 0.185 e. The van der Waals surface area contributed by atoms with Gasteiger partial charge in [-0.15, -0.1) is 5.10 Å². The molecule has 0 spiro atoms. The molecular weight excluding hydrogens is 332 g/mol. The fourth-order valence-electron chi connectivity index (χ4n) is 2.70. The summed E-state index contributed by atoms with van der Waals surface area (Å²) < 4.78 is 28.7. The molecule has 1 aromatic heterocycles. The molecule has 23 heavy (non-hydrogen) atoms. The van der Waals surface area contributed by atoms with Crippen LogP contribution in [0.2, 0.25) is 0 Å². The van der Waals surface area contributed by atoms with E-state index in [9.17, 15) is 13.2 Å². The number of carbonyl (C=O) groups excluding carboxylic acids is 1. The third kappa shape index (κ3) is 3.56. The highest BCUT2D eigenvalue weighted by Crippen LogP contribution is 2.29. The fourth-order valence-corrected chi connectivity index (χ4v) is 4.98. The molecule has 1 aliphatic rings. The Morgan fingerprint density at radius 2 is 1.87 bits per heavy atom. The van der Waals surface area contributed by atoms with Crippen molar-refractivity contribution in [2.75, 3.05) is 0 Å². The zero-order valence-electron chi connectivity index (χ0n) is 12.4. The lowest BCUT2D eigenvalue weighted by Gasteiger charge is -2.11. The van der Waals surface area contributed by atoms with Gasteiger partial charge in [-0.3, -0.25) is 4.79 Å². The number of sulfone groups is 1. The van der Waals surface area contributed by atoms with E-state index in [1.807, 2.05) is 0 Å². The van der Waals surface area contributed by atoms with E-state index in [0.717, 1.165) is 25.7 Å². The van der Waals surface area contributed by atoms with Crippen LogP contribution in [-0.2, 0) is 9.84 Å². The smallest absolute Gasteiger partial charge is 0.185 e. The zero-order chi connectivity index (χ0) is 16.3. The van der Waals surface area contributed by atoms with Crippen LogP contribution in [0.3, 0.4) is 0 Å². The van der Waals surface area contributed by atoms with E-state index in [1.54, 1.807) is 23.6 Å². The van der Waals surface area contributed by atoms with Crippen LogP contribution in [0, 0.1) is 0 Å². The van der Waals surface area contributed by atoms with E-state index in [4.69, 9.17) is 0 Å². The lowest BCUT2D eigenvalue weighted by atomic mass is 10.1. The van der Waals surface area contributed by atoms with Gasteiger partial charge in [-0.05, 0) is 60.8 Å². The molecule has 1 fully saturated rings. The van der Waals surface area contributed by atoms with Crippen LogP contribution in [-0.4, -0.2) is 29.0 Å². The van der Waals surface area contributed by atoms with Gasteiger partial charge in [0.1, 0.15) is 0 Å².